The van der Waals surface area contributed by atoms with Gasteiger partial charge in [-0.3, -0.25) is 4.79 Å². The van der Waals surface area contributed by atoms with E-state index in [9.17, 15) is 9.18 Å². The van der Waals surface area contributed by atoms with Crippen LogP contribution in [0.1, 0.15) is 11.1 Å². The highest BCUT2D eigenvalue weighted by molar-refractivity contribution is 5.92. The fourth-order valence-electron chi connectivity index (χ4n) is 1.98. The van der Waals surface area contributed by atoms with Crippen molar-refractivity contribution in [2.75, 3.05) is 12.4 Å². The van der Waals surface area contributed by atoms with Crippen molar-refractivity contribution in [2.45, 2.75) is 13.0 Å². The molecule has 21 heavy (non-hydrogen) atoms. The van der Waals surface area contributed by atoms with Gasteiger partial charge in [0.1, 0.15) is 11.6 Å². The summed E-state index contributed by atoms with van der Waals surface area (Å²) in [7, 11) is 1.58. The van der Waals surface area contributed by atoms with E-state index in [1.165, 1.54) is 12.1 Å². The minimum atomic E-state index is -0.372. The fraction of sp³-hybridized carbons (Fsp3) is 0.188. The molecule has 2 aromatic rings. The minimum Gasteiger partial charge on any atom is -0.497 e. The van der Waals surface area contributed by atoms with Crippen molar-refractivity contribution in [3.05, 3.63) is 59.4 Å². The van der Waals surface area contributed by atoms with Crippen LogP contribution in [0.15, 0.2) is 42.5 Å². The Bertz CT molecular complexity index is 644. The fourth-order valence-corrected chi connectivity index (χ4v) is 1.98. The summed E-state index contributed by atoms with van der Waals surface area (Å²) < 4.78 is 18.4. The number of nitrogens with one attached hydrogen (secondary N) is 1. The maximum Gasteiger partial charge on any atom is 0.228 e. The quantitative estimate of drug-likeness (QED) is 0.888. The van der Waals surface area contributed by atoms with Crippen molar-refractivity contribution in [1.82, 2.24) is 0 Å². The molecule has 0 fully saturated rings. The Hall–Kier alpha value is -2.40. The molecular formula is C16H17FN2O2. The van der Waals surface area contributed by atoms with Gasteiger partial charge in [-0.15, -0.1) is 0 Å². The monoisotopic (exact) mass is 288 g/mol. The Morgan fingerprint density at radius 3 is 2.81 bits per heavy atom. The molecule has 0 saturated carbocycles. The molecule has 0 aliphatic carbocycles. The zero-order valence-electron chi connectivity index (χ0n) is 11.7. The van der Waals surface area contributed by atoms with Gasteiger partial charge < -0.3 is 15.8 Å². The first kappa shape index (κ1) is 15.0. The van der Waals surface area contributed by atoms with Gasteiger partial charge in [0.2, 0.25) is 5.91 Å². The highest BCUT2D eigenvalue weighted by Gasteiger charge is 2.07. The molecule has 0 aliphatic heterocycles. The number of hydrogen-bond acceptors (Lipinski definition) is 3. The van der Waals surface area contributed by atoms with Crippen LogP contribution in [-0.4, -0.2) is 13.0 Å². The van der Waals surface area contributed by atoms with Gasteiger partial charge in [0, 0.05) is 17.8 Å². The van der Waals surface area contributed by atoms with Crippen molar-refractivity contribution in [1.29, 1.82) is 0 Å². The molecule has 0 spiro atoms. The molecule has 1 amide bonds. The Morgan fingerprint density at radius 2 is 2.10 bits per heavy atom. The number of carbonyl (C=O) groups excluding carboxylic acids is 1. The van der Waals surface area contributed by atoms with E-state index < -0.39 is 0 Å². The van der Waals surface area contributed by atoms with Gasteiger partial charge in [-0.2, -0.15) is 0 Å². The number of hydrogen-bond donors (Lipinski definition) is 2. The predicted octanol–water partition coefficient (Wildman–Crippen LogP) is 2.47. The molecule has 0 aliphatic rings. The number of amides is 1. The van der Waals surface area contributed by atoms with E-state index in [0.29, 0.717) is 17.0 Å². The van der Waals surface area contributed by atoms with E-state index in [0.717, 1.165) is 5.56 Å². The van der Waals surface area contributed by atoms with Crippen LogP contribution in [0.5, 0.6) is 5.75 Å². The Kier molecular flexibility index (Phi) is 4.90. The summed E-state index contributed by atoms with van der Waals surface area (Å²) in [5, 5.41) is 2.73. The first-order valence-electron chi connectivity index (χ1n) is 6.53. The van der Waals surface area contributed by atoms with Crippen LogP contribution in [0, 0.1) is 5.82 Å². The molecule has 0 atom stereocenters. The van der Waals surface area contributed by atoms with E-state index in [1.807, 2.05) is 18.2 Å². The summed E-state index contributed by atoms with van der Waals surface area (Å²) in [5.41, 5.74) is 7.18. The molecule has 0 radical (unpaired) electrons. The molecule has 0 saturated heterocycles. The smallest absolute Gasteiger partial charge is 0.228 e. The summed E-state index contributed by atoms with van der Waals surface area (Å²) in [5.74, 6) is 0.147. The average molecular weight is 288 g/mol. The van der Waals surface area contributed by atoms with Gasteiger partial charge >= 0.3 is 0 Å². The number of benzene rings is 2. The molecule has 0 heterocycles. The van der Waals surface area contributed by atoms with Gasteiger partial charge in [-0.25, -0.2) is 4.39 Å². The summed E-state index contributed by atoms with van der Waals surface area (Å²) in [6, 6.07) is 11.6. The van der Waals surface area contributed by atoms with Gasteiger partial charge in [-0.1, -0.05) is 12.1 Å². The molecule has 0 unspecified atom stereocenters. The summed E-state index contributed by atoms with van der Waals surface area (Å²) in [4.78, 5) is 12.0. The van der Waals surface area contributed by atoms with Crippen molar-refractivity contribution in [3.63, 3.8) is 0 Å². The van der Waals surface area contributed by atoms with Crippen molar-refractivity contribution in [3.8, 4) is 5.75 Å². The SMILES string of the molecule is COc1cccc(CC(=O)Nc2ccc(F)c(CN)c2)c1. The molecular weight excluding hydrogens is 271 g/mol. The van der Waals surface area contributed by atoms with Gasteiger partial charge in [0.15, 0.2) is 0 Å². The zero-order valence-corrected chi connectivity index (χ0v) is 11.7. The number of ether oxygens (including phenoxy) is 1. The summed E-state index contributed by atoms with van der Waals surface area (Å²) in [6.07, 6.45) is 0.215. The van der Waals surface area contributed by atoms with E-state index >= 15 is 0 Å². The molecule has 2 aromatic carbocycles. The van der Waals surface area contributed by atoms with Gasteiger partial charge in [0.25, 0.3) is 0 Å². The first-order valence-corrected chi connectivity index (χ1v) is 6.53. The van der Waals surface area contributed by atoms with Crippen LogP contribution in [-0.2, 0) is 17.8 Å². The number of anilines is 1. The second-order valence-corrected chi connectivity index (χ2v) is 4.59. The second-order valence-electron chi connectivity index (χ2n) is 4.59. The average Bonchev–Trinajstić information content (AvgIpc) is 2.49. The standard InChI is InChI=1S/C16H17FN2O2/c1-21-14-4-2-3-11(7-14)8-16(20)19-13-5-6-15(17)12(9-13)10-18/h2-7,9H,8,10,18H2,1H3,(H,19,20). The second kappa shape index (κ2) is 6.85. The Balaban J connectivity index is 2.04. The third-order valence-electron chi connectivity index (χ3n) is 3.05. The highest BCUT2D eigenvalue weighted by Crippen LogP contribution is 2.16. The lowest BCUT2D eigenvalue weighted by atomic mass is 10.1. The maximum absolute atomic E-state index is 13.3. The van der Waals surface area contributed by atoms with Gasteiger partial charge in [-0.05, 0) is 35.9 Å². The topological polar surface area (TPSA) is 64.3 Å². The summed E-state index contributed by atoms with van der Waals surface area (Å²) in [6.45, 7) is 0.0887. The van der Waals surface area contributed by atoms with Crippen LogP contribution in [0.3, 0.4) is 0 Å². The van der Waals surface area contributed by atoms with Crippen LogP contribution in [0.2, 0.25) is 0 Å². The molecule has 5 heteroatoms. The number of carbonyl (C=O) groups is 1. The lowest BCUT2D eigenvalue weighted by molar-refractivity contribution is -0.115. The van der Waals surface area contributed by atoms with E-state index in [2.05, 4.69) is 5.32 Å². The number of methoxy groups -OCH3 is 1. The van der Waals surface area contributed by atoms with Crippen LogP contribution in [0.25, 0.3) is 0 Å². The van der Waals surface area contributed by atoms with Gasteiger partial charge in [0.05, 0.1) is 13.5 Å². The van der Waals surface area contributed by atoms with Crippen molar-refractivity contribution < 1.29 is 13.9 Å². The highest BCUT2D eigenvalue weighted by atomic mass is 19.1. The Labute approximate surface area is 122 Å². The first-order chi connectivity index (χ1) is 10.1. The van der Waals surface area contributed by atoms with Crippen LogP contribution in [0.4, 0.5) is 10.1 Å². The van der Waals surface area contributed by atoms with E-state index in [-0.39, 0.29) is 24.7 Å². The van der Waals surface area contributed by atoms with Crippen molar-refractivity contribution >= 4 is 11.6 Å². The molecule has 4 nitrogen and oxygen atoms in total. The molecule has 3 N–H and O–H groups in total. The minimum absolute atomic E-state index is 0.0887. The van der Waals surface area contributed by atoms with Crippen molar-refractivity contribution in [2.24, 2.45) is 5.73 Å². The molecule has 2 rings (SSSR count). The lowest BCUT2D eigenvalue weighted by Gasteiger charge is -2.08. The van der Waals surface area contributed by atoms with E-state index in [1.54, 1.807) is 19.2 Å². The largest absolute Gasteiger partial charge is 0.497 e. The number of nitrogens with two attached hydrogens (primary N) is 1. The maximum atomic E-state index is 13.3. The molecule has 0 aromatic heterocycles. The number of rotatable bonds is 5. The van der Waals surface area contributed by atoms with Crippen LogP contribution >= 0.6 is 0 Å². The third-order valence-corrected chi connectivity index (χ3v) is 3.05. The molecule has 110 valence electrons. The third kappa shape index (κ3) is 4.03. The predicted molar refractivity (Wildman–Crippen MR) is 79.6 cm³/mol. The number of halogens is 1. The van der Waals surface area contributed by atoms with E-state index in [4.69, 9.17) is 10.5 Å². The zero-order chi connectivity index (χ0) is 15.2. The Morgan fingerprint density at radius 1 is 1.29 bits per heavy atom. The normalized spacial score (nSPS) is 10.2. The summed E-state index contributed by atoms with van der Waals surface area (Å²) >= 11 is 0. The lowest BCUT2D eigenvalue weighted by Crippen LogP contribution is -2.15. The molecule has 0 bridgehead atoms. The van der Waals surface area contributed by atoms with Crippen LogP contribution < -0.4 is 15.8 Å².